The van der Waals surface area contributed by atoms with Crippen molar-refractivity contribution < 1.29 is 17.9 Å². The number of hydrogen-bond donors (Lipinski definition) is 1. The van der Waals surface area contributed by atoms with Gasteiger partial charge in [-0.25, -0.2) is 0 Å². The average molecular weight is 494 g/mol. The number of alkyl halides is 3. The molecule has 0 saturated carbocycles. The van der Waals surface area contributed by atoms with Gasteiger partial charge in [0, 0.05) is 56.7 Å². The van der Waals surface area contributed by atoms with Gasteiger partial charge in [0.15, 0.2) is 0 Å². The molecule has 1 aromatic heterocycles. The number of benzene rings is 2. The van der Waals surface area contributed by atoms with Gasteiger partial charge in [-0.1, -0.05) is 17.7 Å². The molecule has 12 heteroatoms. The normalized spacial score (nSPS) is 14.2. The monoisotopic (exact) mass is 493 g/mol. The van der Waals surface area contributed by atoms with Crippen molar-refractivity contribution in [1.29, 1.82) is 0 Å². The number of piperazine rings is 1. The van der Waals surface area contributed by atoms with Crippen LogP contribution in [-0.2, 0) is 0 Å². The van der Waals surface area contributed by atoms with E-state index in [1.165, 1.54) is 24.3 Å². The minimum Gasteiger partial charge on any atom is -0.406 e. The Kier molecular flexibility index (Phi) is 6.82. The number of aromatic nitrogens is 3. The lowest BCUT2D eigenvalue weighted by molar-refractivity contribution is -0.274. The lowest BCUT2D eigenvalue weighted by Gasteiger charge is -2.36. The molecule has 0 spiro atoms. The molecule has 0 atom stereocenters. The fourth-order valence-corrected chi connectivity index (χ4v) is 3.64. The molecule has 34 heavy (non-hydrogen) atoms. The van der Waals surface area contributed by atoms with Gasteiger partial charge in [-0.3, -0.25) is 0 Å². The first-order valence-electron chi connectivity index (χ1n) is 10.5. The molecule has 0 aliphatic carbocycles. The van der Waals surface area contributed by atoms with Crippen LogP contribution in [0.4, 0.5) is 42.4 Å². The molecule has 180 valence electrons. The van der Waals surface area contributed by atoms with Crippen molar-refractivity contribution in [3.05, 3.63) is 53.6 Å². The molecule has 0 unspecified atom stereocenters. The summed E-state index contributed by atoms with van der Waals surface area (Å²) in [6, 6.07) is 13.1. The molecule has 1 aliphatic rings. The third kappa shape index (κ3) is 6.10. The molecular formula is C22H23ClF3N7O. The minimum atomic E-state index is -4.74. The van der Waals surface area contributed by atoms with Crippen LogP contribution in [0.3, 0.4) is 0 Å². The van der Waals surface area contributed by atoms with Crippen molar-refractivity contribution in [2.75, 3.05) is 60.3 Å². The van der Waals surface area contributed by atoms with Crippen molar-refractivity contribution in [1.82, 2.24) is 15.0 Å². The first-order chi connectivity index (χ1) is 16.2. The summed E-state index contributed by atoms with van der Waals surface area (Å²) in [7, 11) is 3.65. The van der Waals surface area contributed by atoms with Crippen LogP contribution >= 0.6 is 11.6 Å². The van der Waals surface area contributed by atoms with Gasteiger partial charge in [-0.05, 0) is 42.5 Å². The quantitative estimate of drug-likeness (QED) is 0.536. The molecule has 0 bridgehead atoms. The summed E-state index contributed by atoms with van der Waals surface area (Å²) in [5.74, 6) is 0.960. The Morgan fingerprint density at radius 1 is 0.941 bits per heavy atom. The van der Waals surface area contributed by atoms with Crippen LogP contribution in [-0.4, -0.2) is 61.6 Å². The van der Waals surface area contributed by atoms with Gasteiger partial charge < -0.3 is 24.8 Å². The van der Waals surface area contributed by atoms with E-state index in [0.29, 0.717) is 35.7 Å². The molecule has 1 N–H and O–H groups in total. The number of hydrogen-bond acceptors (Lipinski definition) is 8. The molecule has 2 heterocycles. The maximum atomic E-state index is 12.4. The number of halogens is 4. The summed E-state index contributed by atoms with van der Waals surface area (Å²) < 4.78 is 41.1. The molecular weight excluding hydrogens is 471 g/mol. The summed E-state index contributed by atoms with van der Waals surface area (Å²) in [6.45, 7) is 2.94. The van der Waals surface area contributed by atoms with Crippen LogP contribution in [0.25, 0.3) is 0 Å². The third-order valence-corrected chi connectivity index (χ3v) is 5.33. The molecule has 3 aromatic rings. The zero-order valence-electron chi connectivity index (χ0n) is 18.6. The van der Waals surface area contributed by atoms with Gasteiger partial charge in [0.25, 0.3) is 0 Å². The highest BCUT2D eigenvalue weighted by Gasteiger charge is 2.31. The van der Waals surface area contributed by atoms with Crippen LogP contribution in [0, 0.1) is 0 Å². The van der Waals surface area contributed by atoms with Crippen molar-refractivity contribution in [3.63, 3.8) is 0 Å². The number of nitrogens with one attached hydrogen (secondary N) is 1. The van der Waals surface area contributed by atoms with Crippen LogP contribution in [0.2, 0.25) is 5.02 Å². The molecule has 8 nitrogen and oxygen atoms in total. The maximum absolute atomic E-state index is 12.4. The van der Waals surface area contributed by atoms with Crippen molar-refractivity contribution in [2.45, 2.75) is 6.36 Å². The van der Waals surface area contributed by atoms with E-state index in [9.17, 15) is 13.2 Å². The van der Waals surface area contributed by atoms with Gasteiger partial charge in [-0.2, -0.15) is 15.0 Å². The first kappa shape index (κ1) is 23.7. The number of anilines is 5. The third-order valence-electron chi connectivity index (χ3n) is 5.09. The minimum absolute atomic E-state index is 0.287. The number of nitrogens with zero attached hydrogens (tertiary/aromatic N) is 6. The van der Waals surface area contributed by atoms with E-state index < -0.39 is 6.36 Å². The second-order valence-corrected chi connectivity index (χ2v) is 8.24. The second kappa shape index (κ2) is 9.80. The summed E-state index contributed by atoms with van der Waals surface area (Å²) in [5, 5.41) is 3.73. The summed E-state index contributed by atoms with van der Waals surface area (Å²) in [5.41, 5.74) is 1.58. The Labute approximate surface area is 199 Å². The Balaban J connectivity index is 1.48. The molecule has 1 saturated heterocycles. The molecule has 4 rings (SSSR count). The van der Waals surface area contributed by atoms with Crippen molar-refractivity contribution in [3.8, 4) is 5.75 Å². The molecule has 1 fully saturated rings. The zero-order valence-corrected chi connectivity index (χ0v) is 19.3. The van der Waals surface area contributed by atoms with E-state index in [2.05, 4.69) is 34.8 Å². The van der Waals surface area contributed by atoms with E-state index >= 15 is 0 Å². The molecule has 0 radical (unpaired) electrons. The Morgan fingerprint density at radius 3 is 2.24 bits per heavy atom. The highest BCUT2D eigenvalue weighted by Crippen LogP contribution is 2.26. The van der Waals surface area contributed by atoms with E-state index in [0.717, 1.165) is 18.8 Å². The molecule has 1 aliphatic heterocycles. The standard InChI is InChI=1S/C22H23ClF3N7O/c1-31(2)20-28-19(27-16-6-8-18(9-7-16)34-22(24,25)26)29-21(30-20)33-12-10-32(11-13-33)17-5-3-4-15(23)14-17/h3-9,14H,10-13H2,1-2H3,(H,27,28,29,30). The summed E-state index contributed by atoms with van der Waals surface area (Å²) in [4.78, 5) is 19.6. The lowest BCUT2D eigenvalue weighted by Crippen LogP contribution is -2.47. The topological polar surface area (TPSA) is 69.7 Å². The summed E-state index contributed by atoms with van der Waals surface area (Å²) in [6.07, 6.45) is -4.74. The number of rotatable bonds is 6. The molecule has 0 amide bonds. The predicted octanol–water partition coefficient (Wildman–Crippen LogP) is 4.56. The first-order valence-corrected chi connectivity index (χ1v) is 10.9. The maximum Gasteiger partial charge on any atom is 0.573 e. The fraction of sp³-hybridized carbons (Fsp3) is 0.318. The van der Waals surface area contributed by atoms with E-state index in [4.69, 9.17) is 11.6 Å². The zero-order chi connectivity index (χ0) is 24.3. The second-order valence-electron chi connectivity index (χ2n) is 7.80. The van der Waals surface area contributed by atoms with Gasteiger partial charge in [0.2, 0.25) is 17.8 Å². The van der Waals surface area contributed by atoms with Gasteiger partial charge in [0.1, 0.15) is 5.75 Å². The largest absolute Gasteiger partial charge is 0.573 e. The van der Waals surface area contributed by atoms with Gasteiger partial charge >= 0.3 is 6.36 Å². The number of ether oxygens (including phenoxy) is 1. The highest BCUT2D eigenvalue weighted by atomic mass is 35.5. The summed E-state index contributed by atoms with van der Waals surface area (Å²) >= 11 is 6.12. The molecule has 2 aromatic carbocycles. The fourth-order valence-electron chi connectivity index (χ4n) is 3.46. The van der Waals surface area contributed by atoms with E-state index in [1.807, 2.05) is 38.4 Å². The van der Waals surface area contributed by atoms with E-state index in [-0.39, 0.29) is 11.7 Å². The van der Waals surface area contributed by atoms with Crippen molar-refractivity contribution in [2.24, 2.45) is 0 Å². The van der Waals surface area contributed by atoms with Gasteiger partial charge in [0.05, 0.1) is 0 Å². The van der Waals surface area contributed by atoms with Crippen LogP contribution in [0.15, 0.2) is 48.5 Å². The van der Waals surface area contributed by atoms with E-state index in [1.54, 1.807) is 4.90 Å². The Morgan fingerprint density at radius 2 is 1.62 bits per heavy atom. The highest BCUT2D eigenvalue weighted by molar-refractivity contribution is 6.30. The average Bonchev–Trinajstić information content (AvgIpc) is 2.79. The van der Waals surface area contributed by atoms with Crippen LogP contribution < -0.4 is 24.8 Å². The van der Waals surface area contributed by atoms with Crippen LogP contribution in [0.5, 0.6) is 5.75 Å². The Bertz CT molecular complexity index is 1120. The Hall–Kier alpha value is -3.47. The van der Waals surface area contributed by atoms with Crippen LogP contribution in [0.1, 0.15) is 0 Å². The SMILES string of the molecule is CN(C)c1nc(Nc2ccc(OC(F)(F)F)cc2)nc(N2CCN(c3cccc(Cl)c3)CC2)n1. The predicted molar refractivity (Wildman–Crippen MR) is 126 cm³/mol. The van der Waals surface area contributed by atoms with Crippen molar-refractivity contribution >= 4 is 40.8 Å². The lowest BCUT2D eigenvalue weighted by atomic mass is 10.2. The smallest absolute Gasteiger partial charge is 0.406 e. The van der Waals surface area contributed by atoms with Gasteiger partial charge in [-0.15, -0.1) is 13.2 Å².